The van der Waals surface area contributed by atoms with E-state index in [4.69, 9.17) is 17.0 Å². The first kappa shape index (κ1) is 25.4. The number of aryl methyl sites for hydroxylation is 2. The molecule has 0 bridgehead atoms. The first-order valence-electron chi connectivity index (χ1n) is 12.0. The minimum Gasteiger partial charge on any atom is -0.484 e. The van der Waals surface area contributed by atoms with Crippen molar-refractivity contribution < 1.29 is 9.53 Å². The third-order valence-electron chi connectivity index (χ3n) is 6.50. The zero-order valence-electron chi connectivity index (χ0n) is 20.2. The van der Waals surface area contributed by atoms with Crippen LogP contribution in [0, 0.1) is 19.8 Å². The van der Waals surface area contributed by atoms with E-state index in [0.29, 0.717) is 11.7 Å². The SMILES string of the molecule is Cc1cc(Br)cc(C)c1NC(=O)COc1ccc(C(=S)N2CCC(Cc3ccccc3)CC2)cc1. The summed E-state index contributed by atoms with van der Waals surface area (Å²) in [4.78, 5) is 15.6. The Morgan fingerprint density at radius 1 is 1.03 bits per heavy atom. The van der Waals surface area contributed by atoms with Gasteiger partial charge in [0.05, 0.1) is 0 Å². The number of rotatable bonds is 7. The van der Waals surface area contributed by atoms with E-state index in [1.807, 2.05) is 50.2 Å². The average Bonchev–Trinajstić information content (AvgIpc) is 2.86. The number of hydrogen-bond donors (Lipinski definition) is 1. The van der Waals surface area contributed by atoms with Crippen LogP contribution >= 0.6 is 28.1 Å². The lowest BCUT2D eigenvalue weighted by molar-refractivity contribution is -0.118. The minimum atomic E-state index is -0.184. The van der Waals surface area contributed by atoms with Crippen LogP contribution < -0.4 is 10.1 Å². The van der Waals surface area contributed by atoms with E-state index in [-0.39, 0.29) is 12.5 Å². The van der Waals surface area contributed by atoms with Gasteiger partial charge in [0.15, 0.2) is 6.61 Å². The molecule has 1 saturated heterocycles. The van der Waals surface area contributed by atoms with E-state index in [1.165, 1.54) is 5.56 Å². The Bertz CT molecular complexity index is 1150. The van der Waals surface area contributed by atoms with Crippen LogP contribution in [0.15, 0.2) is 71.2 Å². The number of carbonyl (C=O) groups is 1. The Hall–Kier alpha value is -2.70. The highest BCUT2D eigenvalue weighted by molar-refractivity contribution is 9.10. The van der Waals surface area contributed by atoms with Gasteiger partial charge in [0.1, 0.15) is 10.7 Å². The molecule has 0 saturated carbocycles. The molecule has 0 unspecified atom stereocenters. The van der Waals surface area contributed by atoms with Crippen LogP contribution in [0.5, 0.6) is 5.75 Å². The highest BCUT2D eigenvalue weighted by atomic mass is 79.9. The number of piperidine rings is 1. The molecule has 4 nitrogen and oxygen atoms in total. The molecule has 0 aliphatic carbocycles. The van der Waals surface area contributed by atoms with E-state index in [1.54, 1.807) is 0 Å². The van der Waals surface area contributed by atoms with Crippen molar-refractivity contribution in [1.82, 2.24) is 4.90 Å². The number of halogens is 1. The van der Waals surface area contributed by atoms with Crippen molar-refractivity contribution in [1.29, 1.82) is 0 Å². The third-order valence-corrected chi connectivity index (χ3v) is 7.45. The van der Waals surface area contributed by atoms with Crippen LogP contribution in [0.25, 0.3) is 0 Å². The standard InChI is InChI=1S/C29H31BrN2O2S/c1-20-16-25(30)17-21(2)28(20)31-27(33)19-34-26-10-8-24(9-11-26)29(35)32-14-12-23(13-15-32)18-22-6-4-3-5-7-22/h3-11,16-17,23H,12-15,18-19H2,1-2H3,(H,31,33). The molecule has 182 valence electrons. The number of benzene rings is 3. The van der Waals surface area contributed by atoms with Crippen molar-refractivity contribution in [2.45, 2.75) is 33.1 Å². The monoisotopic (exact) mass is 550 g/mol. The Morgan fingerprint density at radius 2 is 1.66 bits per heavy atom. The molecule has 0 radical (unpaired) electrons. The molecule has 4 rings (SSSR count). The summed E-state index contributed by atoms with van der Waals surface area (Å²) >= 11 is 9.26. The Balaban J connectivity index is 1.25. The number of ether oxygens (including phenoxy) is 1. The number of likely N-dealkylation sites (tertiary alicyclic amines) is 1. The summed E-state index contributed by atoms with van der Waals surface area (Å²) in [6.45, 7) is 5.88. The lowest BCUT2D eigenvalue weighted by atomic mass is 9.90. The van der Waals surface area contributed by atoms with Gasteiger partial charge in [0.25, 0.3) is 5.91 Å². The first-order chi connectivity index (χ1) is 16.9. The van der Waals surface area contributed by atoms with Crippen LogP contribution in [0.1, 0.15) is 35.1 Å². The van der Waals surface area contributed by atoms with Gasteiger partial charge in [0, 0.05) is 28.8 Å². The fraction of sp³-hybridized carbons (Fsp3) is 0.310. The molecule has 0 atom stereocenters. The third kappa shape index (κ3) is 6.92. The maximum absolute atomic E-state index is 12.4. The van der Waals surface area contributed by atoms with E-state index in [0.717, 1.165) is 64.2 Å². The van der Waals surface area contributed by atoms with Crippen molar-refractivity contribution in [3.05, 3.63) is 93.5 Å². The molecule has 6 heteroatoms. The fourth-order valence-corrected chi connectivity index (χ4v) is 5.60. The highest BCUT2D eigenvalue weighted by Crippen LogP contribution is 2.26. The summed E-state index contributed by atoms with van der Waals surface area (Å²) in [6.07, 6.45) is 3.45. The summed E-state index contributed by atoms with van der Waals surface area (Å²) in [5.41, 5.74) is 5.27. The molecule has 1 heterocycles. The lowest BCUT2D eigenvalue weighted by Crippen LogP contribution is -2.38. The quantitative estimate of drug-likeness (QED) is 0.332. The van der Waals surface area contributed by atoms with Crippen LogP contribution in [0.4, 0.5) is 5.69 Å². The minimum absolute atomic E-state index is 0.0480. The summed E-state index contributed by atoms with van der Waals surface area (Å²) in [7, 11) is 0. The van der Waals surface area contributed by atoms with E-state index >= 15 is 0 Å². The van der Waals surface area contributed by atoms with Crippen LogP contribution in [-0.4, -0.2) is 35.5 Å². The molecule has 1 fully saturated rings. The molecule has 1 amide bonds. The summed E-state index contributed by atoms with van der Waals surface area (Å²) in [6, 6.07) is 22.4. The normalized spacial score (nSPS) is 14.0. The number of amides is 1. The van der Waals surface area contributed by atoms with Gasteiger partial charge in [-0.15, -0.1) is 0 Å². The molecule has 0 spiro atoms. The Kier molecular flexibility index (Phi) is 8.58. The fourth-order valence-electron chi connectivity index (χ4n) is 4.60. The number of nitrogens with one attached hydrogen (secondary N) is 1. The molecule has 1 aliphatic heterocycles. The van der Waals surface area contributed by atoms with E-state index < -0.39 is 0 Å². The molecular weight excluding hydrogens is 520 g/mol. The number of nitrogens with zero attached hydrogens (tertiary/aromatic N) is 1. The number of thiocarbonyl (C=S) groups is 1. The van der Waals surface area contributed by atoms with Gasteiger partial charge in [-0.2, -0.15) is 0 Å². The summed E-state index contributed by atoms with van der Waals surface area (Å²) in [5, 5.41) is 2.96. The second-order valence-corrected chi connectivity index (χ2v) is 10.5. The van der Waals surface area contributed by atoms with Gasteiger partial charge in [-0.25, -0.2) is 0 Å². The van der Waals surface area contributed by atoms with Crippen molar-refractivity contribution in [2.24, 2.45) is 5.92 Å². The van der Waals surface area contributed by atoms with Gasteiger partial charge in [-0.1, -0.05) is 58.5 Å². The zero-order chi connectivity index (χ0) is 24.8. The molecule has 0 aromatic heterocycles. The highest BCUT2D eigenvalue weighted by Gasteiger charge is 2.22. The van der Waals surface area contributed by atoms with Crippen molar-refractivity contribution in [3.63, 3.8) is 0 Å². The van der Waals surface area contributed by atoms with Crippen molar-refractivity contribution in [3.8, 4) is 5.75 Å². The number of anilines is 1. The van der Waals surface area contributed by atoms with Crippen LogP contribution in [0.3, 0.4) is 0 Å². The van der Waals surface area contributed by atoms with Gasteiger partial charge >= 0.3 is 0 Å². The lowest BCUT2D eigenvalue weighted by Gasteiger charge is -2.34. The molecular formula is C29H31BrN2O2S. The maximum Gasteiger partial charge on any atom is 0.262 e. The topological polar surface area (TPSA) is 41.6 Å². The predicted octanol–water partition coefficient (Wildman–Crippen LogP) is 6.71. The summed E-state index contributed by atoms with van der Waals surface area (Å²) in [5.74, 6) is 1.18. The largest absolute Gasteiger partial charge is 0.484 e. The molecule has 3 aromatic rings. The van der Waals surface area contributed by atoms with E-state index in [9.17, 15) is 4.79 Å². The van der Waals surface area contributed by atoms with Crippen molar-refractivity contribution >= 4 is 44.7 Å². The average molecular weight is 552 g/mol. The van der Waals surface area contributed by atoms with E-state index in [2.05, 4.69) is 56.5 Å². The molecule has 35 heavy (non-hydrogen) atoms. The second kappa shape index (κ2) is 11.8. The van der Waals surface area contributed by atoms with Crippen molar-refractivity contribution in [2.75, 3.05) is 25.0 Å². The second-order valence-electron chi connectivity index (χ2n) is 9.20. The van der Waals surface area contributed by atoms with Gasteiger partial charge < -0.3 is 15.0 Å². The smallest absolute Gasteiger partial charge is 0.262 e. The number of carbonyl (C=O) groups excluding carboxylic acids is 1. The Morgan fingerprint density at radius 3 is 2.29 bits per heavy atom. The molecule has 1 aliphatic rings. The molecule has 3 aromatic carbocycles. The first-order valence-corrected chi connectivity index (χ1v) is 13.2. The predicted molar refractivity (Wildman–Crippen MR) is 150 cm³/mol. The molecule has 1 N–H and O–H groups in total. The Labute approximate surface area is 221 Å². The van der Waals surface area contributed by atoms with Gasteiger partial charge in [-0.05, 0) is 92.1 Å². The maximum atomic E-state index is 12.4. The van der Waals surface area contributed by atoms with Gasteiger partial charge in [0.2, 0.25) is 0 Å². The van der Waals surface area contributed by atoms with Gasteiger partial charge in [-0.3, -0.25) is 4.79 Å². The summed E-state index contributed by atoms with van der Waals surface area (Å²) < 4.78 is 6.71. The number of hydrogen-bond acceptors (Lipinski definition) is 3. The van der Waals surface area contributed by atoms with Crippen LogP contribution in [0.2, 0.25) is 0 Å². The zero-order valence-corrected chi connectivity index (χ0v) is 22.6. The van der Waals surface area contributed by atoms with Crippen LogP contribution in [-0.2, 0) is 11.2 Å².